The molecule has 0 aliphatic carbocycles. The zero-order valence-corrected chi connectivity index (χ0v) is 19.5. The van der Waals surface area contributed by atoms with Gasteiger partial charge in [0.2, 0.25) is 11.8 Å². The number of fused-ring (bicyclic) bond motifs is 2. The topological polar surface area (TPSA) is 142 Å². The lowest BCUT2D eigenvalue weighted by atomic mass is 9.85. The first-order valence-electron chi connectivity index (χ1n) is 10.5. The van der Waals surface area contributed by atoms with Gasteiger partial charge in [0.1, 0.15) is 23.0 Å². The molecule has 0 aromatic heterocycles. The largest absolute Gasteiger partial charge is 0.480 e. The predicted octanol–water partition coefficient (Wildman–Crippen LogP) is 1.82. The van der Waals surface area contributed by atoms with Crippen molar-refractivity contribution in [2.24, 2.45) is 5.73 Å². The van der Waals surface area contributed by atoms with Gasteiger partial charge in [-0.3, -0.25) is 14.4 Å². The highest BCUT2D eigenvalue weighted by atomic mass is 32.2. The van der Waals surface area contributed by atoms with Crippen molar-refractivity contribution in [3.05, 3.63) is 42.0 Å². The van der Waals surface area contributed by atoms with Crippen molar-refractivity contribution in [3.63, 3.8) is 0 Å². The maximum Gasteiger partial charge on any atom is 0.327 e. The SMILES string of the molecule is CC(=O)Nc1ccc(C(N)C(=O)N[C@@]2(C)C(=O)N3[C@@H](C(=O)O)C(C)(C)S[C@@H]32)c2ccccc12. The minimum Gasteiger partial charge on any atom is -0.480 e. The molecule has 4 rings (SSSR count). The number of aliphatic carboxylic acids is 1. The number of carbonyl (C=O) groups excluding carboxylic acids is 3. The smallest absolute Gasteiger partial charge is 0.327 e. The third-order valence-electron chi connectivity index (χ3n) is 6.28. The van der Waals surface area contributed by atoms with Crippen LogP contribution in [-0.4, -0.2) is 55.4 Å². The molecule has 10 heteroatoms. The van der Waals surface area contributed by atoms with Crippen LogP contribution in [0, 0.1) is 0 Å². The van der Waals surface area contributed by atoms with Crippen LogP contribution in [0.2, 0.25) is 0 Å². The maximum atomic E-state index is 13.2. The van der Waals surface area contributed by atoms with E-state index in [-0.39, 0.29) is 5.91 Å². The molecule has 1 unspecified atom stereocenters. The van der Waals surface area contributed by atoms with Crippen molar-refractivity contribution in [3.8, 4) is 0 Å². The first-order valence-corrected chi connectivity index (χ1v) is 11.4. The summed E-state index contributed by atoms with van der Waals surface area (Å²) in [7, 11) is 0. The van der Waals surface area contributed by atoms with Gasteiger partial charge in [0, 0.05) is 22.7 Å². The van der Waals surface area contributed by atoms with Crippen LogP contribution in [0.25, 0.3) is 10.8 Å². The number of carbonyl (C=O) groups is 4. The van der Waals surface area contributed by atoms with Gasteiger partial charge in [-0.15, -0.1) is 11.8 Å². The van der Waals surface area contributed by atoms with Gasteiger partial charge in [-0.25, -0.2) is 4.79 Å². The fourth-order valence-corrected chi connectivity index (χ4v) is 6.35. The van der Waals surface area contributed by atoms with Crippen LogP contribution in [-0.2, 0) is 19.2 Å². The van der Waals surface area contributed by atoms with E-state index in [1.807, 2.05) is 24.3 Å². The number of carboxylic acid groups (broad SMARTS) is 1. The van der Waals surface area contributed by atoms with Crippen LogP contribution < -0.4 is 16.4 Å². The van der Waals surface area contributed by atoms with Crippen LogP contribution in [0.1, 0.15) is 39.3 Å². The number of nitrogens with zero attached hydrogens (tertiary/aromatic N) is 1. The molecule has 2 aliphatic rings. The lowest BCUT2D eigenvalue weighted by Crippen LogP contribution is -2.78. The number of rotatable bonds is 5. The number of nitrogens with one attached hydrogen (secondary N) is 2. The van der Waals surface area contributed by atoms with Gasteiger partial charge in [0.05, 0.1) is 0 Å². The Morgan fingerprint density at radius 3 is 2.36 bits per heavy atom. The highest BCUT2D eigenvalue weighted by molar-refractivity contribution is 8.01. The summed E-state index contributed by atoms with van der Waals surface area (Å²) < 4.78 is -0.702. The molecule has 0 spiro atoms. The molecular formula is C23H26N4O5S. The standard InChI is InChI=1S/C23H26N4O5S/c1-11(28)25-15-10-9-14(12-7-5-6-8-13(12)15)16(24)18(29)26-23(4)20(32)27-17(19(30)31)22(2,3)33-21(23)27/h5-10,16-17,21H,24H2,1-4H3,(H,25,28)(H,26,29)(H,30,31)/t16?,17-,21+,23-/m0/s1. The van der Waals surface area contributed by atoms with E-state index in [2.05, 4.69) is 10.6 Å². The molecule has 2 fully saturated rings. The molecule has 0 radical (unpaired) electrons. The van der Waals surface area contributed by atoms with Crippen molar-refractivity contribution >= 4 is 51.9 Å². The summed E-state index contributed by atoms with van der Waals surface area (Å²) in [6.45, 7) is 6.57. The number of β-lactam (4-membered cyclic amide) rings is 1. The second kappa shape index (κ2) is 7.74. The van der Waals surface area contributed by atoms with Gasteiger partial charge in [-0.05, 0) is 37.8 Å². The summed E-state index contributed by atoms with van der Waals surface area (Å²) in [4.78, 5) is 50.8. The molecular weight excluding hydrogens is 444 g/mol. The molecule has 0 saturated carbocycles. The molecule has 174 valence electrons. The van der Waals surface area contributed by atoms with E-state index < -0.39 is 45.5 Å². The average Bonchev–Trinajstić information content (AvgIpc) is 3.02. The minimum absolute atomic E-state index is 0.215. The summed E-state index contributed by atoms with van der Waals surface area (Å²) in [6, 6.07) is 8.61. The highest BCUT2D eigenvalue weighted by Gasteiger charge is 2.70. The van der Waals surface area contributed by atoms with E-state index in [4.69, 9.17) is 5.73 Å². The van der Waals surface area contributed by atoms with Crippen molar-refractivity contribution in [2.45, 2.75) is 55.4 Å². The normalized spacial score (nSPS) is 26.3. The number of hydrogen-bond donors (Lipinski definition) is 4. The van der Waals surface area contributed by atoms with Crippen molar-refractivity contribution in [1.29, 1.82) is 0 Å². The lowest BCUT2D eigenvalue weighted by Gasteiger charge is -2.51. The van der Waals surface area contributed by atoms with Crippen LogP contribution in [0.15, 0.2) is 36.4 Å². The molecule has 2 saturated heterocycles. The molecule has 2 aromatic rings. The average molecular weight is 471 g/mol. The molecule has 0 bridgehead atoms. The molecule has 2 aromatic carbocycles. The third-order valence-corrected chi connectivity index (χ3v) is 8.03. The molecule has 2 aliphatic heterocycles. The van der Waals surface area contributed by atoms with E-state index in [9.17, 15) is 24.3 Å². The van der Waals surface area contributed by atoms with E-state index >= 15 is 0 Å². The number of anilines is 1. The Morgan fingerprint density at radius 2 is 1.76 bits per heavy atom. The minimum atomic E-state index is -1.26. The lowest BCUT2D eigenvalue weighted by molar-refractivity contribution is -0.168. The number of amides is 3. The van der Waals surface area contributed by atoms with Crippen molar-refractivity contribution in [2.75, 3.05) is 5.32 Å². The first kappa shape index (κ1) is 23.1. The zero-order valence-electron chi connectivity index (χ0n) is 18.7. The Bertz CT molecular complexity index is 1200. The molecule has 5 N–H and O–H groups in total. The van der Waals surface area contributed by atoms with Crippen LogP contribution in [0.4, 0.5) is 5.69 Å². The molecule has 2 heterocycles. The Kier molecular flexibility index (Phi) is 5.41. The van der Waals surface area contributed by atoms with E-state index in [1.54, 1.807) is 32.9 Å². The van der Waals surface area contributed by atoms with E-state index in [1.165, 1.54) is 23.6 Å². The number of carboxylic acids is 1. The molecule has 33 heavy (non-hydrogen) atoms. The van der Waals surface area contributed by atoms with Crippen LogP contribution >= 0.6 is 11.8 Å². The quantitative estimate of drug-likeness (QED) is 0.488. The van der Waals surface area contributed by atoms with Gasteiger partial charge in [-0.2, -0.15) is 0 Å². The van der Waals surface area contributed by atoms with Gasteiger partial charge in [0.15, 0.2) is 0 Å². The number of thioether (sulfide) groups is 1. The Balaban J connectivity index is 1.60. The number of hydrogen-bond acceptors (Lipinski definition) is 6. The second-order valence-electron chi connectivity index (χ2n) is 9.13. The van der Waals surface area contributed by atoms with Crippen molar-refractivity contribution < 1.29 is 24.3 Å². The molecule has 9 nitrogen and oxygen atoms in total. The number of nitrogens with two attached hydrogens (primary N) is 1. The summed E-state index contributed by atoms with van der Waals surface area (Å²) in [5, 5.41) is 16.1. The summed E-state index contributed by atoms with van der Waals surface area (Å²) in [6.07, 6.45) is 0. The van der Waals surface area contributed by atoms with Gasteiger partial charge in [-0.1, -0.05) is 30.3 Å². The third kappa shape index (κ3) is 3.53. The fraction of sp³-hybridized carbons (Fsp3) is 0.391. The Morgan fingerprint density at radius 1 is 1.12 bits per heavy atom. The Labute approximate surface area is 195 Å². The highest BCUT2D eigenvalue weighted by Crippen LogP contribution is 2.54. The Hall–Kier alpha value is -3.11. The monoisotopic (exact) mass is 470 g/mol. The van der Waals surface area contributed by atoms with E-state index in [0.29, 0.717) is 16.6 Å². The van der Waals surface area contributed by atoms with Crippen molar-refractivity contribution in [1.82, 2.24) is 10.2 Å². The summed E-state index contributed by atoms with van der Waals surface area (Å²) >= 11 is 1.35. The van der Waals surface area contributed by atoms with Crippen LogP contribution in [0.3, 0.4) is 0 Å². The predicted molar refractivity (Wildman–Crippen MR) is 125 cm³/mol. The van der Waals surface area contributed by atoms with Crippen LogP contribution in [0.5, 0.6) is 0 Å². The first-order chi connectivity index (χ1) is 15.4. The molecule has 4 atom stereocenters. The molecule has 3 amide bonds. The summed E-state index contributed by atoms with van der Waals surface area (Å²) in [5.41, 5.74) is 6.23. The van der Waals surface area contributed by atoms with Gasteiger partial charge >= 0.3 is 5.97 Å². The number of benzene rings is 2. The zero-order chi connectivity index (χ0) is 24.3. The fourth-order valence-electron chi connectivity index (χ4n) is 4.71. The maximum absolute atomic E-state index is 13.2. The van der Waals surface area contributed by atoms with Gasteiger partial charge < -0.3 is 26.4 Å². The second-order valence-corrected chi connectivity index (χ2v) is 10.9. The summed E-state index contributed by atoms with van der Waals surface area (Å²) in [5.74, 6) is -2.27. The van der Waals surface area contributed by atoms with E-state index in [0.717, 1.165) is 5.39 Å². The van der Waals surface area contributed by atoms with Gasteiger partial charge in [0.25, 0.3) is 5.91 Å².